The van der Waals surface area contributed by atoms with E-state index in [1.807, 2.05) is 49.4 Å². The number of benzene rings is 3. The fourth-order valence-corrected chi connectivity index (χ4v) is 4.81. The lowest BCUT2D eigenvalue weighted by Crippen LogP contribution is -2.47. The van der Waals surface area contributed by atoms with E-state index in [2.05, 4.69) is 34.1 Å². The number of esters is 1. The molecule has 1 fully saturated rings. The van der Waals surface area contributed by atoms with Crippen LogP contribution in [0.15, 0.2) is 78.9 Å². The predicted octanol–water partition coefficient (Wildman–Crippen LogP) is 5.53. The number of hydrogen-bond donors (Lipinski definition) is 0. The van der Waals surface area contributed by atoms with Gasteiger partial charge in [0.2, 0.25) is 0 Å². The van der Waals surface area contributed by atoms with Crippen molar-refractivity contribution in [2.24, 2.45) is 0 Å². The second-order valence-corrected chi connectivity index (χ2v) is 9.18. The van der Waals surface area contributed by atoms with Crippen molar-refractivity contribution >= 4 is 11.7 Å². The standard InChI is InChI=1S/C29H33FN2O2/c1-29(28(33)34-2,25-9-4-3-5-10-25)16-7-17-31-18-20-32(21-19-31)27-11-6-8-24(22-27)23-12-14-26(30)15-13-23/h3-6,8-15,22H,7,16-21H2,1-2H3. The minimum Gasteiger partial charge on any atom is -0.468 e. The second-order valence-electron chi connectivity index (χ2n) is 9.18. The minimum absolute atomic E-state index is 0.176. The zero-order chi connectivity index (χ0) is 24.0. The predicted molar refractivity (Wildman–Crippen MR) is 136 cm³/mol. The summed E-state index contributed by atoms with van der Waals surface area (Å²) >= 11 is 0. The third-order valence-electron chi connectivity index (χ3n) is 6.96. The topological polar surface area (TPSA) is 32.8 Å². The van der Waals surface area contributed by atoms with Gasteiger partial charge in [0.25, 0.3) is 0 Å². The van der Waals surface area contributed by atoms with Crippen LogP contribution in [0.4, 0.5) is 10.1 Å². The molecule has 0 aromatic heterocycles. The van der Waals surface area contributed by atoms with Crippen molar-refractivity contribution in [3.8, 4) is 11.1 Å². The summed E-state index contributed by atoms with van der Waals surface area (Å²) in [5, 5.41) is 0. The molecule has 0 spiro atoms. The number of hydrogen-bond acceptors (Lipinski definition) is 4. The van der Waals surface area contributed by atoms with E-state index in [9.17, 15) is 9.18 Å². The van der Waals surface area contributed by atoms with E-state index in [0.29, 0.717) is 0 Å². The van der Waals surface area contributed by atoms with Gasteiger partial charge in [-0.15, -0.1) is 0 Å². The molecular weight excluding hydrogens is 427 g/mol. The smallest absolute Gasteiger partial charge is 0.315 e. The minimum atomic E-state index is -0.626. The fraction of sp³-hybridized carbons (Fsp3) is 0.345. The van der Waals surface area contributed by atoms with Gasteiger partial charge < -0.3 is 9.64 Å². The first kappa shape index (κ1) is 24.0. The zero-order valence-electron chi connectivity index (χ0n) is 20.0. The van der Waals surface area contributed by atoms with Gasteiger partial charge in [-0.1, -0.05) is 54.6 Å². The van der Waals surface area contributed by atoms with Crippen LogP contribution in [-0.2, 0) is 14.9 Å². The second kappa shape index (κ2) is 10.8. The van der Waals surface area contributed by atoms with Crippen LogP contribution in [0.3, 0.4) is 0 Å². The number of carbonyl (C=O) groups is 1. The molecule has 0 aliphatic carbocycles. The van der Waals surface area contributed by atoms with Gasteiger partial charge in [0, 0.05) is 31.9 Å². The lowest BCUT2D eigenvalue weighted by molar-refractivity contribution is -0.147. The van der Waals surface area contributed by atoms with Gasteiger partial charge >= 0.3 is 5.97 Å². The Morgan fingerprint density at radius 2 is 1.62 bits per heavy atom. The maximum Gasteiger partial charge on any atom is 0.315 e. The Hall–Kier alpha value is -3.18. The summed E-state index contributed by atoms with van der Waals surface area (Å²) in [4.78, 5) is 17.5. The zero-order valence-corrected chi connectivity index (χ0v) is 20.0. The summed E-state index contributed by atoms with van der Waals surface area (Å²) in [6, 6.07) is 25.1. The van der Waals surface area contributed by atoms with Gasteiger partial charge in [0.15, 0.2) is 0 Å². The van der Waals surface area contributed by atoms with E-state index in [-0.39, 0.29) is 11.8 Å². The molecule has 0 N–H and O–H groups in total. The Morgan fingerprint density at radius 3 is 2.29 bits per heavy atom. The first-order chi connectivity index (χ1) is 16.5. The van der Waals surface area contributed by atoms with Crippen LogP contribution in [0.2, 0.25) is 0 Å². The molecule has 34 heavy (non-hydrogen) atoms. The molecule has 1 atom stereocenters. The van der Waals surface area contributed by atoms with Crippen molar-refractivity contribution in [1.29, 1.82) is 0 Å². The maximum atomic E-state index is 13.3. The third kappa shape index (κ3) is 5.48. The van der Waals surface area contributed by atoms with Crippen molar-refractivity contribution < 1.29 is 13.9 Å². The Morgan fingerprint density at radius 1 is 0.912 bits per heavy atom. The van der Waals surface area contributed by atoms with Gasteiger partial charge in [-0.3, -0.25) is 9.69 Å². The molecule has 4 nitrogen and oxygen atoms in total. The summed E-state index contributed by atoms with van der Waals surface area (Å²) in [5.41, 5.74) is 3.70. The highest BCUT2D eigenvalue weighted by atomic mass is 19.1. The molecule has 1 aliphatic rings. The number of piperazine rings is 1. The van der Waals surface area contributed by atoms with Crippen LogP contribution >= 0.6 is 0 Å². The molecule has 1 aliphatic heterocycles. The van der Waals surface area contributed by atoms with E-state index in [1.165, 1.54) is 24.9 Å². The van der Waals surface area contributed by atoms with E-state index < -0.39 is 5.41 Å². The number of ether oxygens (including phenoxy) is 1. The van der Waals surface area contributed by atoms with Crippen molar-refractivity contribution in [1.82, 2.24) is 4.90 Å². The van der Waals surface area contributed by atoms with Gasteiger partial charge in [0.1, 0.15) is 5.82 Å². The summed E-state index contributed by atoms with van der Waals surface area (Å²) in [6.07, 6.45) is 1.68. The number of carbonyl (C=O) groups excluding carboxylic acids is 1. The highest BCUT2D eigenvalue weighted by molar-refractivity contribution is 5.82. The number of methoxy groups -OCH3 is 1. The largest absolute Gasteiger partial charge is 0.468 e. The van der Waals surface area contributed by atoms with Gasteiger partial charge in [-0.05, 0) is 67.3 Å². The number of nitrogens with zero attached hydrogens (tertiary/aromatic N) is 2. The summed E-state index contributed by atoms with van der Waals surface area (Å²) in [6.45, 7) is 6.84. The van der Waals surface area contributed by atoms with Crippen LogP contribution in [0.5, 0.6) is 0 Å². The Labute approximate surface area is 202 Å². The Balaban J connectivity index is 1.32. The monoisotopic (exact) mass is 460 g/mol. The molecule has 0 bridgehead atoms. The average Bonchev–Trinajstić information content (AvgIpc) is 2.89. The SMILES string of the molecule is COC(=O)C(C)(CCCN1CCN(c2cccc(-c3ccc(F)cc3)c2)CC1)c1ccccc1. The Kier molecular flexibility index (Phi) is 7.63. The van der Waals surface area contributed by atoms with Crippen molar-refractivity contribution in [3.05, 3.63) is 90.2 Å². The number of halogens is 1. The molecule has 1 heterocycles. The maximum absolute atomic E-state index is 13.3. The lowest BCUT2D eigenvalue weighted by Gasteiger charge is -2.37. The normalized spacial score (nSPS) is 16.1. The summed E-state index contributed by atoms with van der Waals surface area (Å²) in [5.74, 6) is -0.392. The molecular formula is C29H33FN2O2. The number of rotatable bonds is 8. The average molecular weight is 461 g/mol. The van der Waals surface area contributed by atoms with E-state index in [4.69, 9.17) is 4.74 Å². The highest BCUT2D eigenvalue weighted by Crippen LogP contribution is 2.31. The summed E-state index contributed by atoms with van der Waals surface area (Å²) < 4.78 is 18.4. The fourth-order valence-electron chi connectivity index (χ4n) is 4.81. The van der Waals surface area contributed by atoms with Gasteiger partial charge in [-0.2, -0.15) is 0 Å². The molecule has 0 amide bonds. The van der Waals surface area contributed by atoms with Crippen LogP contribution in [0.1, 0.15) is 25.3 Å². The van der Waals surface area contributed by atoms with Crippen molar-refractivity contribution in [3.63, 3.8) is 0 Å². The molecule has 4 rings (SSSR count). The summed E-state index contributed by atoms with van der Waals surface area (Å²) in [7, 11) is 1.47. The first-order valence-corrected chi connectivity index (χ1v) is 12.0. The molecule has 5 heteroatoms. The van der Waals surface area contributed by atoms with Crippen LogP contribution in [0, 0.1) is 5.82 Å². The van der Waals surface area contributed by atoms with Crippen LogP contribution < -0.4 is 4.90 Å². The van der Waals surface area contributed by atoms with E-state index in [0.717, 1.165) is 62.3 Å². The molecule has 178 valence electrons. The molecule has 3 aromatic carbocycles. The van der Waals surface area contributed by atoms with Crippen molar-refractivity contribution in [2.75, 3.05) is 44.7 Å². The lowest BCUT2D eigenvalue weighted by atomic mass is 9.78. The third-order valence-corrected chi connectivity index (χ3v) is 6.96. The van der Waals surface area contributed by atoms with Crippen LogP contribution in [-0.4, -0.2) is 50.7 Å². The molecule has 0 saturated carbocycles. The van der Waals surface area contributed by atoms with E-state index in [1.54, 1.807) is 0 Å². The van der Waals surface area contributed by atoms with E-state index >= 15 is 0 Å². The molecule has 1 unspecified atom stereocenters. The van der Waals surface area contributed by atoms with Crippen LogP contribution in [0.25, 0.3) is 11.1 Å². The highest BCUT2D eigenvalue weighted by Gasteiger charge is 2.36. The molecule has 3 aromatic rings. The number of anilines is 1. The molecule has 0 radical (unpaired) electrons. The quantitative estimate of drug-likeness (QED) is 0.414. The first-order valence-electron chi connectivity index (χ1n) is 12.0. The van der Waals surface area contributed by atoms with Gasteiger partial charge in [-0.25, -0.2) is 4.39 Å². The Bertz CT molecular complexity index is 1080. The molecule has 1 saturated heterocycles. The van der Waals surface area contributed by atoms with Crippen molar-refractivity contribution in [2.45, 2.75) is 25.2 Å². The van der Waals surface area contributed by atoms with Gasteiger partial charge in [0.05, 0.1) is 12.5 Å².